The van der Waals surface area contributed by atoms with E-state index in [9.17, 15) is 9.59 Å². The molecule has 0 aliphatic heterocycles. The lowest BCUT2D eigenvalue weighted by Crippen LogP contribution is -2.37. The molecule has 0 saturated heterocycles. The van der Waals surface area contributed by atoms with Crippen molar-refractivity contribution >= 4 is 23.2 Å². The van der Waals surface area contributed by atoms with Gasteiger partial charge in [0.2, 0.25) is 0 Å². The number of aryl methyl sites for hydroxylation is 1. The number of carbonyl (C=O) groups is 2. The minimum atomic E-state index is -0.516. The van der Waals surface area contributed by atoms with Crippen molar-refractivity contribution in [2.45, 2.75) is 58.1 Å². The van der Waals surface area contributed by atoms with Gasteiger partial charge >= 0.3 is 5.97 Å². The van der Waals surface area contributed by atoms with Gasteiger partial charge in [-0.1, -0.05) is 25.7 Å². The summed E-state index contributed by atoms with van der Waals surface area (Å²) >= 11 is 1.58. The zero-order valence-electron chi connectivity index (χ0n) is 16.1. The Kier molecular flexibility index (Phi) is 7.42. The molecule has 1 N–H and O–H groups in total. The number of carbonyl (C=O) groups excluding carboxylic acids is 2. The van der Waals surface area contributed by atoms with Crippen molar-refractivity contribution in [1.29, 1.82) is 0 Å². The van der Waals surface area contributed by atoms with Gasteiger partial charge < -0.3 is 14.8 Å². The molecule has 0 radical (unpaired) electrons. The number of nitrogens with one attached hydrogen (secondary N) is 1. The van der Waals surface area contributed by atoms with E-state index in [0.29, 0.717) is 17.9 Å². The minimum Gasteiger partial charge on any atom is -0.487 e. The van der Waals surface area contributed by atoms with Crippen LogP contribution < -0.4 is 10.1 Å². The number of esters is 1. The number of benzene rings is 1. The van der Waals surface area contributed by atoms with Crippen molar-refractivity contribution in [2.75, 3.05) is 6.61 Å². The third-order valence-corrected chi connectivity index (χ3v) is 5.52. The highest BCUT2D eigenvalue weighted by atomic mass is 32.1. The molecular weight excluding hydrogens is 376 g/mol. The van der Waals surface area contributed by atoms with Gasteiger partial charge in [-0.2, -0.15) is 0 Å². The van der Waals surface area contributed by atoms with Gasteiger partial charge in [0, 0.05) is 11.4 Å². The lowest BCUT2D eigenvalue weighted by Gasteiger charge is -2.16. The summed E-state index contributed by atoms with van der Waals surface area (Å²) in [6.45, 7) is 2.08. The first-order valence-electron chi connectivity index (χ1n) is 9.70. The minimum absolute atomic E-state index is 0.201. The third-order valence-electron chi connectivity index (χ3n) is 4.70. The number of amides is 1. The molecule has 0 spiro atoms. The van der Waals surface area contributed by atoms with E-state index in [4.69, 9.17) is 9.47 Å². The lowest BCUT2D eigenvalue weighted by atomic mass is 10.1. The molecule has 1 fully saturated rings. The maximum Gasteiger partial charge on any atom is 0.338 e. The average molecular weight is 403 g/mol. The molecule has 1 heterocycles. The van der Waals surface area contributed by atoms with Crippen LogP contribution in [0.2, 0.25) is 0 Å². The number of nitrogens with zero attached hydrogens (tertiary/aromatic N) is 1. The molecule has 6 nitrogen and oxygen atoms in total. The number of rotatable bonds is 7. The molecule has 28 heavy (non-hydrogen) atoms. The van der Waals surface area contributed by atoms with Crippen LogP contribution in [0.25, 0.3) is 0 Å². The predicted molar refractivity (Wildman–Crippen MR) is 108 cm³/mol. The monoisotopic (exact) mass is 402 g/mol. The summed E-state index contributed by atoms with van der Waals surface area (Å²) in [5.74, 6) is -0.107. The van der Waals surface area contributed by atoms with Gasteiger partial charge in [0.25, 0.3) is 5.91 Å². The summed E-state index contributed by atoms with van der Waals surface area (Å²) < 4.78 is 10.8. The van der Waals surface area contributed by atoms with E-state index in [1.54, 1.807) is 35.6 Å². The second-order valence-corrected chi connectivity index (χ2v) is 8.07. The normalized spacial score (nSPS) is 14.9. The highest BCUT2D eigenvalue weighted by molar-refractivity contribution is 7.09. The number of thiazole rings is 1. The Bertz CT molecular complexity index is 780. The van der Waals surface area contributed by atoms with Crippen LogP contribution in [0.1, 0.15) is 59.6 Å². The molecule has 1 aromatic heterocycles. The quantitative estimate of drug-likeness (QED) is 0.559. The molecule has 1 amide bonds. The SMILES string of the molecule is Cc1nc(COc2ccc(C(=O)OCC(=O)NC3CCCCCC3)cc2)cs1. The first-order chi connectivity index (χ1) is 13.6. The van der Waals surface area contributed by atoms with E-state index in [-0.39, 0.29) is 18.6 Å². The van der Waals surface area contributed by atoms with E-state index >= 15 is 0 Å². The summed E-state index contributed by atoms with van der Waals surface area (Å²) in [5.41, 5.74) is 1.27. The maximum atomic E-state index is 12.1. The number of ether oxygens (including phenoxy) is 2. The lowest BCUT2D eigenvalue weighted by molar-refractivity contribution is -0.125. The van der Waals surface area contributed by atoms with E-state index in [1.165, 1.54) is 12.8 Å². The number of hydrogen-bond acceptors (Lipinski definition) is 6. The summed E-state index contributed by atoms with van der Waals surface area (Å²) in [6.07, 6.45) is 6.74. The number of aromatic nitrogens is 1. The van der Waals surface area contributed by atoms with Gasteiger partial charge in [0.15, 0.2) is 6.61 Å². The highest BCUT2D eigenvalue weighted by Gasteiger charge is 2.16. The van der Waals surface area contributed by atoms with E-state index in [0.717, 1.165) is 36.4 Å². The van der Waals surface area contributed by atoms with Crippen molar-refractivity contribution in [3.05, 3.63) is 45.9 Å². The van der Waals surface area contributed by atoms with Gasteiger partial charge in [0.1, 0.15) is 12.4 Å². The Balaban J connectivity index is 1.41. The molecule has 1 aromatic carbocycles. The molecule has 2 aromatic rings. The van der Waals surface area contributed by atoms with Gasteiger partial charge in [0.05, 0.1) is 16.3 Å². The Labute approximate surface area is 169 Å². The summed E-state index contributed by atoms with van der Waals surface area (Å²) in [4.78, 5) is 28.5. The van der Waals surface area contributed by atoms with Crippen LogP contribution in [-0.4, -0.2) is 29.5 Å². The topological polar surface area (TPSA) is 77.5 Å². The van der Waals surface area contributed by atoms with Gasteiger partial charge in [-0.3, -0.25) is 4.79 Å². The molecule has 0 bridgehead atoms. The molecule has 1 aliphatic rings. The van der Waals surface area contributed by atoms with Crippen molar-refractivity contribution < 1.29 is 19.1 Å². The zero-order valence-corrected chi connectivity index (χ0v) is 16.9. The highest BCUT2D eigenvalue weighted by Crippen LogP contribution is 2.18. The van der Waals surface area contributed by atoms with E-state index in [2.05, 4.69) is 10.3 Å². The van der Waals surface area contributed by atoms with Crippen molar-refractivity contribution in [3.8, 4) is 5.75 Å². The predicted octanol–water partition coefficient (Wildman–Crippen LogP) is 4.03. The Hall–Kier alpha value is -2.41. The molecule has 150 valence electrons. The molecular formula is C21H26N2O4S. The fourth-order valence-corrected chi connectivity index (χ4v) is 3.82. The molecule has 0 atom stereocenters. The molecule has 3 rings (SSSR count). The molecule has 0 unspecified atom stereocenters. The second-order valence-electron chi connectivity index (χ2n) is 7.00. The van der Waals surface area contributed by atoms with Crippen LogP contribution in [0.5, 0.6) is 5.75 Å². The second kappa shape index (κ2) is 10.2. The van der Waals surface area contributed by atoms with Gasteiger partial charge in [-0.05, 0) is 44.0 Å². The molecule has 1 aliphatic carbocycles. The average Bonchev–Trinajstić information content (AvgIpc) is 2.95. The Morgan fingerprint density at radius 3 is 2.50 bits per heavy atom. The van der Waals surface area contributed by atoms with Crippen LogP contribution in [0.15, 0.2) is 29.6 Å². The summed E-state index contributed by atoms with van der Waals surface area (Å²) in [5, 5.41) is 5.93. The largest absolute Gasteiger partial charge is 0.487 e. The van der Waals surface area contributed by atoms with Crippen LogP contribution in [0, 0.1) is 6.92 Å². The molecule has 7 heteroatoms. The third kappa shape index (κ3) is 6.34. The van der Waals surface area contributed by atoms with E-state index < -0.39 is 5.97 Å². The maximum absolute atomic E-state index is 12.1. The van der Waals surface area contributed by atoms with Crippen molar-refractivity contribution in [2.24, 2.45) is 0 Å². The van der Waals surface area contributed by atoms with Crippen molar-refractivity contribution in [3.63, 3.8) is 0 Å². The van der Waals surface area contributed by atoms with Gasteiger partial charge in [-0.15, -0.1) is 11.3 Å². The van der Waals surface area contributed by atoms with Crippen LogP contribution in [0.4, 0.5) is 0 Å². The van der Waals surface area contributed by atoms with E-state index in [1.807, 2.05) is 12.3 Å². The van der Waals surface area contributed by atoms with Crippen LogP contribution >= 0.6 is 11.3 Å². The zero-order chi connectivity index (χ0) is 19.8. The number of hydrogen-bond donors (Lipinski definition) is 1. The summed E-state index contributed by atoms with van der Waals surface area (Å²) in [6, 6.07) is 6.88. The van der Waals surface area contributed by atoms with Crippen molar-refractivity contribution in [1.82, 2.24) is 10.3 Å². The fraction of sp³-hybridized carbons (Fsp3) is 0.476. The first kappa shape index (κ1) is 20.3. The molecule has 1 saturated carbocycles. The van der Waals surface area contributed by atoms with Crippen LogP contribution in [-0.2, 0) is 16.1 Å². The Morgan fingerprint density at radius 1 is 1.14 bits per heavy atom. The first-order valence-corrected chi connectivity index (χ1v) is 10.6. The van der Waals surface area contributed by atoms with Gasteiger partial charge in [-0.25, -0.2) is 9.78 Å². The van der Waals surface area contributed by atoms with Crippen LogP contribution in [0.3, 0.4) is 0 Å². The fourth-order valence-electron chi connectivity index (χ4n) is 3.23. The summed E-state index contributed by atoms with van der Waals surface area (Å²) in [7, 11) is 0. The smallest absolute Gasteiger partial charge is 0.338 e. The Morgan fingerprint density at radius 2 is 1.86 bits per heavy atom. The standard InChI is InChI=1S/C21H26N2O4S/c1-15-22-18(14-28-15)12-26-19-10-8-16(9-11-19)21(25)27-13-20(24)23-17-6-4-2-3-5-7-17/h8-11,14,17H,2-7,12-13H2,1H3,(H,23,24).